The molecule has 3 heterocycles. The average molecular weight is 423 g/mol. The van der Waals surface area contributed by atoms with Gasteiger partial charge in [0, 0.05) is 30.1 Å². The molecule has 3 aromatic rings. The molecule has 0 saturated carbocycles. The van der Waals surface area contributed by atoms with Crippen molar-refractivity contribution in [2.75, 3.05) is 11.9 Å². The minimum absolute atomic E-state index is 0.0585. The molecule has 0 spiro atoms. The number of benzene rings is 2. The molecule has 7 nitrogen and oxygen atoms in total. The van der Waals surface area contributed by atoms with Crippen LogP contribution in [0.15, 0.2) is 35.8 Å². The Morgan fingerprint density at radius 2 is 2.10 bits per heavy atom. The molecule has 0 aliphatic carbocycles. The molecule has 1 aromatic heterocycles. The first-order valence-electron chi connectivity index (χ1n) is 9.82. The first kappa shape index (κ1) is 19.0. The lowest BCUT2D eigenvalue weighted by Crippen LogP contribution is -2.30. The number of amides is 2. The summed E-state index contributed by atoms with van der Waals surface area (Å²) in [5.74, 6) is 0.486. The fourth-order valence-electron chi connectivity index (χ4n) is 4.07. The van der Waals surface area contributed by atoms with Gasteiger partial charge in [-0.1, -0.05) is 12.1 Å². The van der Waals surface area contributed by atoms with Gasteiger partial charge < -0.3 is 20.5 Å². The maximum atomic E-state index is 12.0. The highest BCUT2D eigenvalue weighted by atomic mass is 32.1. The molecule has 2 aliphatic rings. The predicted octanol–water partition coefficient (Wildman–Crippen LogP) is 3.03. The van der Waals surface area contributed by atoms with Crippen LogP contribution >= 0.6 is 11.3 Å². The number of carbonyl (C=O) groups is 2. The Morgan fingerprint density at radius 1 is 1.27 bits per heavy atom. The lowest BCUT2D eigenvalue weighted by atomic mass is 9.95. The molecular weight excluding hydrogens is 402 g/mol. The summed E-state index contributed by atoms with van der Waals surface area (Å²) in [6, 6.07) is 9.47. The van der Waals surface area contributed by atoms with Gasteiger partial charge in [-0.25, -0.2) is 4.98 Å². The Hall–Kier alpha value is -2.97. The van der Waals surface area contributed by atoms with E-state index >= 15 is 0 Å². The number of carbonyl (C=O) groups excluding carboxylic acids is 2. The Morgan fingerprint density at radius 3 is 2.87 bits per heavy atom. The summed E-state index contributed by atoms with van der Waals surface area (Å²) in [5.41, 5.74) is 4.05. The van der Waals surface area contributed by atoms with Crippen LogP contribution < -0.4 is 15.4 Å². The molecule has 0 radical (unpaired) electrons. The molecule has 1 fully saturated rings. The monoisotopic (exact) mass is 423 g/mol. The van der Waals surface area contributed by atoms with Crippen LogP contribution in [0.4, 0.5) is 5.69 Å². The van der Waals surface area contributed by atoms with E-state index in [0.717, 1.165) is 27.1 Å². The van der Waals surface area contributed by atoms with Crippen molar-refractivity contribution >= 4 is 39.1 Å². The summed E-state index contributed by atoms with van der Waals surface area (Å²) in [5, 5.41) is 16.0. The summed E-state index contributed by atoms with van der Waals surface area (Å²) in [6.07, 6.45) is 0.343. The van der Waals surface area contributed by atoms with Crippen molar-refractivity contribution in [3.05, 3.63) is 41.4 Å². The highest BCUT2D eigenvalue weighted by Crippen LogP contribution is 2.40. The highest BCUT2D eigenvalue weighted by Gasteiger charge is 2.40. The third-order valence-corrected chi connectivity index (χ3v) is 6.81. The second-order valence-electron chi connectivity index (χ2n) is 8.05. The standard InChI is InChI=1S/C22H21N3O4S/c1-11(14-8-19(26)23-9-14)29-18-7-13(6-17-20(18)30-10-24-17)12-3-4-15-16(5-12)25-21(27)22(15,2)28/h3-7,10-11,14,28H,8-9H2,1-2H3,(H,23,26)(H,25,27). The number of ether oxygens (including phenoxy) is 1. The van der Waals surface area contributed by atoms with Gasteiger partial charge in [0.1, 0.15) is 11.9 Å². The number of hydrogen-bond donors (Lipinski definition) is 3. The summed E-state index contributed by atoms with van der Waals surface area (Å²) in [6.45, 7) is 4.10. The summed E-state index contributed by atoms with van der Waals surface area (Å²) in [4.78, 5) is 28.1. The molecule has 5 rings (SSSR count). The van der Waals surface area contributed by atoms with E-state index in [1.807, 2.05) is 31.2 Å². The van der Waals surface area contributed by atoms with Crippen LogP contribution in [0.5, 0.6) is 5.75 Å². The van der Waals surface area contributed by atoms with E-state index in [-0.39, 0.29) is 17.9 Å². The summed E-state index contributed by atoms with van der Waals surface area (Å²) >= 11 is 1.51. The quantitative estimate of drug-likeness (QED) is 0.599. The first-order valence-corrected chi connectivity index (χ1v) is 10.7. The third kappa shape index (κ3) is 3.03. The average Bonchev–Trinajstić information content (AvgIpc) is 3.40. The van der Waals surface area contributed by atoms with Crippen LogP contribution in [-0.4, -0.2) is 34.6 Å². The largest absolute Gasteiger partial charge is 0.489 e. The second-order valence-corrected chi connectivity index (χ2v) is 8.91. The van der Waals surface area contributed by atoms with E-state index in [9.17, 15) is 14.7 Å². The van der Waals surface area contributed by atoms with E-state index in [0.29, 0.717) is 24.2 Å². The first-order chi connectivity index (χ1) is 14.3. The van der Waals surface area contributed by atoms with Crippen molar-refractivity contribution < 1.29 is 19.4 Å². The van der Waals surface area contributed by atoms with Gasteiger partial charge in [-0.2, -0.15) is 0 Å². The number of rotatable bonds is 4. The molecule has 3 atom stereocenters. The highest BCUT2D eigenvalue weighted by molar-refractivity contribution is 7.17. The molecule has 2 amide bonds. The van der Waals surface area contributed by atoms with Gasteiger partial charge in [-0.05, 0) is 43.2 Å². The topological polar surface area (TPSA) is 101 Å². The summed E-state index contributed by atoms with van der Waals surface area (Å²) in [7, 11) is 0. The fourth-order valence-corrected chi connectivity index (χ4v) is 4.79. The Labute approximate surface area is 177 Å². The van der Waals surface area contributed by atoms with Gasteiger partial charge in [0.2, 0.25) is 5.91 Å². The van der Waals surface area contributed by atoms with Gasteiger partial charge in [0.15, 0.2) is 5.60 Å². The van der Waals surface area contributed by atoms with Crippen LogP contribution in [0.3, 0.4) is 0 Å². The Kier molecular flexibility index (Phi) is 4.30. The third-order valence-electron chi connectivity index (χ3n) is 5.95. The van der Waals surface area contributed by atoms with Crippen molar-refractivity contribution in [3.8, 4) is 16.9 Å². The maximum Gasteiger partial charge on any atom is 0.260 e. The molecule has 0 bridgehead atoms. The van der Waals surface area contributed by atoms with Gasteiger partial charge >= 0.3 is 0 Å². The minimum atomic E-state index is -1.52. The zero-order valence-electron chi connectivity index (χ0n) is 16.6. The van der Waals surface area contributed by atoms with Gasteiger partial charge in [-0.3, -0.25) is 9.59 Å². The van der Waals surface area contributed by atoms with Crippen LogP contribution in [0.2, 0.25) is 0 Å². The molecule has 2 aromatic carbocycles. The molecular formula is C22H21N3O4S. The van der Waals surface area contributed by atoms with Gasteiger partial charge in [0.05, 0.1) is 15.7 Å². The maximum absolute atomic E-state index is 12.0. The Bertz CT molecular complexity index is 1190. The minimum Gasteiger partial charge on any atom is -0.489 e. The lowest BCUT2D eigenvalue weighted by molar-refractivity contribution is -0.131. The molecule has 30 heavy (non-hydrogen) atoms. The number of anilines is 1. The normalized spacial score (nSPS) is 23.9. The zero-order valence-corrected chi connectivity index (χ0v) is 17.4. The van der Waals surface area contributed by atoms with E-state index in [2.05, 4.69) is 15.6 Å². The van der Waals surface area contributed by atoms with Crippen molar-refractivity contribution in [1.82, 2.24) is 10.3 Å². The van der Waals surface area contributed by atoms with Crippen molar-refractivity contribution in [1.29, 1.82) is 0 Å². The van der Waals surface area contributed by atoms with Crippen LogP contribution in [0.25, 0.3) is 21.3 Å². The van der Waals surface area contributed by atoms with Gasteiger partial charge in [0.25, 0.3) is 5.91 Å². The molecule has 154 valence electrons. The van der Waals surface area contributed by atoms with E-state index < -0.39 is 11.5 Å². The lowest BCUT2D eigenvalue weighted by Gasteiger charge is -2.20. The summed E-state index contributed by atoms with van der Waals surface area (Å²) < 4.78 is 7.25. The number of nitrogens with one attached hydrogen (secondary N) is 2. The molecule has 2 aliphatic heterocycles. The van der Waals surface area contributed by atoms with Crippen molar-refractivity contribution in [3.63, 3.8) is 0 Å². The zero-order chi connectivity index (χ0) is 21.0. The predicted molar refractivity (Wildman–Crippen MR) is 114 cm³/mol. The number of fused-ring (bicyclic) bond motifs is 2. The molecule has 1 saturated heterocycles. The van der Waals surface area contributed by atoms with Crippen LogP contribution in [0.1, 0.15) is 25.8 Å². The van der Waals surface area contributed by atoms with Crippen LogP contribution in [-0.2, 0) is 15.2 Å². The van der Waals surface area contributed by atoms with Gasteiger partial charge in [-0.15, -0.1) is 11.3 Å². The second kappa shape index (κ2) is 6.78. The number of aliphatic hydroxyl groups is 1. The van der Waals surface area contributed by atoms with E-state index in [1.54, 1.807) is 11.6 Å². The van der Waals surface area contributed by atoms with Crippen molar-refractivity contribution in [2.45, 2.75) is 32.0 Å². The fraction of sp³-hybridized carbons (Fsp3) is 0.318. The molecule has 8 heteroatoms. The van der Waals surface area contributed by atoms with E-state index in [4.69, 9.17) is 4.74 Å². The number of thiazole rings is 1. The van der Waals surface area contributed by atoms with Crippen LogP contribution in [0, 0.1) is 5.92 Å². The smallest absolute Gasteiger partial charge is 0.260 e. The number of aromatic nitrogens is 1. The molecule has 3 N–H and O–H groups in total. The van der Waals surface area contributed by atoms with Crippen molar-refractivity contribution in [2.24, 2.45) is 5.92 Å². The van der Waals surface area contributed by atoms with E-state index in [1.165, 1.54) is 18.3 Å². The number of hydrogen-bond acceptors (Lipinski definition) is 6. The number of nitrogens with zero attached hydrogens (tertiary/aromatic N) is 1. The Balaban J connectivity index is 1.51. The molecule has 3 unspecified atom stereocenters. The SMILES string of the molecule is CC(Oc1cc(-c2ccc3c(c2)NC(=O)C3(C)O)cc2ncsc12)C1CNC(=O)C1.